The Morgan fingerprint density at radius 1 is 1.27 bits per heavy atom. The Morgan fingerprint density at radius 2 is 2.19 bits per heavy atom. The molecule has 0 aliphatic carbocycles. The van der Waals surface area contributed by atoms with Crippen LogP contribution >= 0.6 is 0 Å². The number of aromatic amines is 1. The summed E-state index contributed by atoms with van der Waals surface area (Å²) in [6.45, 7) is 5.58. The van der Waals surface area contributed by atoms with Gasteiger partial charge >= 0.3 is 0 Å². The number of hydrogen-bond donors (Lipinski definition) is 2. The molecule has 0 amide bonds. The summed E-state index contributed by atoms with van der Waals surface area (Å²) >= 11 is 0. The van der Waals surface area contributed by atoms with Crippen LogP contribution in [0, 0.1) is 0 Å². The van der Waals surface area contributed by atoms with Gasteiger partial charge in [0.2, 0.25) is 0 Å². The molecule has 3 heterocycles. The van der Waals surface area contributed by atoms with E-state index in [1.54, 1.807) is 17.1 Å². The Bertz CT molecular complexity index is 1090. The molecule has 0 atom stereocenters. The molecule has 0 unspecified atom stereocenters. The number of aromatic nitrogens is 5. The smallest absolute Gasteiger partial charge is 0.178 e. The highest BCUT2D eigenvalue weighted by atomic mass is 15.3. The van der Waals surface area contributed by atoms with Crippen molar-refractivity contribution in [3.63, 3.8) is 0 Å². The Morgan fingerprint density at radius 3 is 2.96 bits per heavy atom. The summed E-state index contributed by atoms with van der Waals surface area (Å²) < 4.78 is 1.76. The Hall–Kier alpha value is -3.74. The fourth-order valence-corrected chi connectivity index (χ4v) is 2.83. The van der Waals surface area contributed by atoms with E-state index in [0.717, 1.165) is 28.0 Å². The fourth-order valence-electron chi connectivity index (χ4n) is 2.83. The topological polar surface area (TPSA) is 83.8 Å². The predicted octanol–water partition coefficient (Wildman–Crippen LogP) is 4.25. The maximum absolute atomic E-state index is 4.45. The van der Waals surface area contributed by atoms with Gasteiger partial charge in [-0.1, -0.05) is 6.08 Å². The monoisotopic (exact) mass is 343 g/mol. The van der Waals surface area contributed by atoms with Crippen LogP contribution in [0.2, 0.25) is 0 Å². The van der Waals surface area contributed by atoms with Gasteiger partial charge in [0.25, 0.3) is 0 Å². The van der Waals surface area contributed by atoms with Crippen molar-refractivity contribution in [2.75, 3.05) is 5.32 Å². The molecule has 7 heteroatoms. The summed E-state index contributed by atoms with van der Waals surface area (Å²) in [6.07, 6.45) is 9.22. The van der Waals surface area contributed by atoms with Crippen LogP contribution in [0.4, 0.5) is 17.2 Å². The van der Waals surface area contributed by atoms with Gasteiger partial charge < -0.3 is 5.32 Å². The van der Waals surface area contributed by atoms with Crippen LogP contribution in [0.5, 0.6) is 0 Å². The van der Waals surface area contributed by atoms with Crippen molar-refractivity contribution in [1.82, 2.24) is 25.0 Å². The van der Waals surface area contributed by atoms with Crippen molar-refractivity contribution in [3.8, 4) is 5.82 Å². The zero-order valence-electron chi connectivity index (χ0n) is 14.2. The molecule has 128 valence electrons. The number of aliphatic imine (C=N–C) groups is 1. The van der Waals surface area contributed by atoms with E-state index < -0.39 is 0 Å². The summed E-state index contributed by atoms with van der Waals surface area (Å²) in [5, 5.41) is 16.9. The molecule has 3 aromatic heterocycles. The third kappa shape index (κ3) is 2.75. The van der Waals surface area contributed by atoms with Gasteiger partial charge in [-0.25, -0.2) is 9.67 Å². The first-order valence-electron chi connectivity index (χ1n) is 8.13. The predicted molar refractivity (Wildman–Crippen MR) is 105 cm³/mol. The number of anilines is 2. The highest BCUT2D eigenvalue weighted by Crippen LogP contribution is 2.31. The van der Waals surface area contributed by atoms with Crippen LogP contribution in [0.25, 0.3) is 22.7 Å². The average Bonchev–Trinajstić information content (AvgIpc) is 3.31. The van der Waals surface area contributed by atoms with Gasteiger partial charge in [0.15, 0.2) is 11.6 Å². The number of rotatable bonds is 5. The SMILES string of the molecule is C=Nc1c(Nc2ccc3c(-n4cccn4)nccc3c2)n[nH]c1/C=C\C. The van der Waals surface area contributed by atoms with Crippen LogP contribution < -0.4 is 5.32 Å². The van der Waals surface area contributed by atoms with Crippen LogP contribution in [0.15, 0.2) is 60.0 Å². The van der Waals surface area contributed by atoms with Crippen LogP contribution in [0.1, 0.15) is 12.6 Å². The number of hydrogen-bond acceptors (Lipinski definition) is 5. The second kappa shape index (κ2) is 6.64. The van der Waals surface area contributed by atoms with Crippen LogP contribution in [-0.4, -0.2) is 31.7 Å². The lowest BCUT2D eigenvalue weighted by Crippen LogP contribution is -1.99. The minimum Gasteiger partial charge on any atom is -0.337 e. The lowest BCUT2D eigenvalue weighted by Gasteiger charge is -2.09. The minimum atomic E-state index is 0.633. The third-order valence-electron chi connectivity index (χ3n) is 3.99. The molecule has 26 heavy (non-hydrogen) atoms. The molecule has 4 rings (SSSR count). The molecule has 2 N–H and O–H groups in total. The lowest BCUT2D eigenvalue weighted by atomic mass is 10.1. The Balaban J connectivity index is 1.72. The van der Waals surface area contributed by atoms with Gasteiger partial charge in [-0.2, -0.15) is 10.2 Å². The molecule has 0 radical (unpaired) electrons. The Labute approximate surface area is 150 Å². The number of pyridine rings is 1. The zero-order chi connectivity index (χ0) is 17.9. The molecule has 0 saturated heterocycles. The maximum atomic E-state index is 4.45. The van der Waals surface area contributed by atoms with Crippen molar-refractivity contribution in [2.45, 2.75) is 6.92 Å². The second-order valence-corrected chi connectivity index (χ2v) is 5.64. The zero-order valence-corrected chi connectivity index (χ0v) is 14.2. The molecule has 0 spiro atoms. The number of benzene rings is 1. The molecular formula is C19H17N7. The summed E-state index contributed by atoms with van der Waals surface area (Å²) in [4.78, 5) is 8.52. The molecule has 0 saturated carbocycles. The van der Waals surface area contributed by atoms with E-state index in [1.807, 2.05) is 55.6 Å². The molecule has 1 aromatic carbocycles. The van der Waals surface area contributed by atoms with Crippen molar-refractivity contribution >= 4 is 40.8 Å². The number of nitrogens with one attached hydrogen (secondary N) is 2. The fraction of sp³-hybridized carbons (Fsp3) is 0.0526. The van der Waals surface area contributed by atoms with Gasteiger partial charge in [0.1, 0.15) is 5.69 Å². The van der Waals surface area contributed by atoms with Gasteiger partial charge in [-0.15, -0.1) is 0 Å². The minimum absolute atomic E-state index is 0.633. The number of nitrogens with zero attached hydrogens (tertiary/aromatic N) is 5. The van der Waals surface area contributed by atoms with Gasteiger partial charge in [-0.3, -0.25) is 10.1 Å². The van der Waals surface area contributed by atoms with Gasteiger partial charge in [0.05, 0.1) is 5.69 Å². The Kier molecular flexibility index (Phi) is 4.03. The van der Waals surface area contributed by atoms with E-state index in [2.05, 4.69) is 37.3 Å². The van der Waals surface area contributed by atoms with E-state index in [0.29, 0.717) is 11.5 Å². The first-order valence-corrected chi connectivity index (χ1v) is 8.13. The molecule has 7 nitrogen and oxygen atoms in total. The van der Waals surface area contributed by atoms with E-state index in [4.69, 9.17) is 0 Å². The molecular weight excluding hydrogens is 326 g/mol. The van der Waals surface area contributed by atoms with Crippen LogP contribution in [-0.2, 0) is 0 Å². The normalized spacial score (nSPS) is 11.3. The highest BCUT2D eigenvalue weighted by molar-refractivity contribution is 5.91. The molecule has 0 fully saturated rings. The van der Waals surface area contributed by atoms with E-state index in [9.17, 15) is 0 Å². The number of fused-ring (bicyclic) bond motifs is 1. The maximum Gasteiger partial charge on any atom is 0.178 e. The van der Waals surface area contributed by atoms with Gasteiger partial charge in [0, 0.05) is 29.7 Å². The largest absolute Gasteiger partial charge is 0.337 e. The molecule has 0 aliphatic heterocycles. The lowest BCUT2D eigenvalue weighted by molar-refractivity contribution is 0.856. The van der Waals surface area contributed by atoms with Gasteiger partial charge in [-0.05, 0) is 55.4 Å². The van der Waals surface area contributed by atoms with Crippen molar-refractivity contribution in [3.05, 3.63) is 60.7 Å². The first-order chi connectivity index (χ1) is 12.8. The summed E-state index contributed by atoms with van der Waals surface area (Å²) in [7, 11) is 0. The van der Waals surface area contributed by atoms with E-state index in [-0.39, 0.29) is 0 Å². The van der Waals surface area contributed by atoms with Crippen molar-refractivity contribution < 1.29 is 0 Å². The second-order valence-electron chi connectivity index (χ2n) is 5.64. The highest BCUT2D eigenvalue weighted by Gasteiger charge is 2.11. The van der Waals surface area contributed by atoms with Crippen LogP contribution in [0.3, 0.4) is 0 Å². The average molecular weight is 343 g/mol. The van der Waals surface area contributed by atoms with Crippen molar-refractivity contribution in [1.29, 1.82) is 0 Å². The summed E-state index contributed by atoms with van der Waals surface area (Å²) in [5.41, 5.74) is 2.41. The first kappa shape index (κ1) is 15.8. The molecule has 4 aromatic rings. The quantitative estimate of drug-likeness (QED) is 0.531. The van der Waals surface area contributed by atoms with E-state index in [1.165, 1.54) is 0 Å². The molecule has 0 aliphatic rings. The van der Waals surface area contributed by atoms with E-state index >= 15 is 0 Å². The number of H-pyrrole nitrogens is 1. The summed E-state index contributed by atoms with van der Waals surface area (Å²) in [5.74, 6) is 1.43. The van der Waals surface area contributed by atoms with Crippen molar-refractivity contribution in [2.24, 2.45) is 4.99 Å². The number of allylic oxidation sites excluding steroid dienone is 1. The third-order valence-corrected chi connectivity index (χ3v) is 3.99. The standard InChI is InChI=1S/C19H17N7/c1-3-5-16-17(20-2)18(25-24-16)23-14-6-7-15-13(12-14)8-10-21-19(15)26-11-4-9-22-26/h3-12H,2H2,1H3,(H2,23,24,25)/b5-3-. The molecule has 0 bridgehead atoms. The summed E-state index contributed by atoms with van der Waals surface area (Å²) in [6, 6.07) is 9.88.